The number of ether oxygens (including phenoxy) is 2. The van der Waals surface area contributed by atoms with Crippen molar-refractivity contribution in [3.05, 3.63) is 34.3 Å². The summed E-state index contributed by atoms with van der Waals surface area (Å²) in [5.41, 5.74) is 0.941. The molecule has 11 heteroatoms. The average molecular weight is 446 g/mol. The highest BCUT2D eigenvalue weighted by atomic mass is 32.1. The molecular weight excluding hydrogens is 422 g/mol. The number of H-pyrrole nitrogens is 1. The molecule has 0 saturated carbocycles. The van der Waals surface area contributed by atoms with Gasteiger partial charge in [0.15, 0.2) is 6.61 Å². The molecule has 1 atom stereocenters. The van der Waals surface area contributed by atoms with Gasteiger partial charge in [0, 0.05) is 42.7 Å². The molecule has 1 aliphatic rings. The Morgan fingerprint density at radius 3 is 2.84 bits per heavy atom. The Kier molecular flexibility index (Phi) is 7.61. The number of nitrogens with one attached hydrogen (secondary N) is 2. The zero-order valence-electron chi connectivity index (χ0n) is 17.0. The maximum Gasteiger partial charge on any atom is 0.410 e. The summed E-state index contributed by atoms with van der Waals surface area (Å²) in [5, 5.41) is 5.17. The number of aromatic amines is 1. The predicted octanol–water partition coefficient (Wildman–Crippen LogP) is 1.33. The second-order valence-electron chi connectivity index (χ2n) is 6.92. The van der Waals surface area contributed by atoms with Gasteiger partial charge < -0.3 is 24.7 Å². The fourth-order valence-electron chi connectivity index (χ4n) is 3.27. The molecule has 3 rings (SSSR count). The van der Waals surface area contributed by atoms with Gasteiger partial charge in [-0.1, -0.05) is 5.92 Å². The first-order chi connectivity index (χ1) is 15.0. The van der Waals surface area contributed by atoms with Crippen molar-refractivity contribution in [3.63, 3.8) is 0 Å². The number of esters is 1. The van der Waals surface area contributed by atoms with E-state index in [0.717, 1.165) is 5.01 Å². The number of carbonyl (C=O) groups excluding carboxylic acids is 3. The molecule has 0 radical (unpaired) electrons. The van der Waals surface area contributed by atoms with Gasteiger partial charge in [0.05, 0.1) is 18.4 Å². The Labute approximate surface area is 183 Å². The number of thiazole rings is 1. The van der Waals surface area contributed by atoms with Crippen LogP contribution in [0.2, 0.25) is 0 Å². The van der Waals surface area contributed by atoms with Crippen LogP contribution in [0.25, 0.3) is 0 Å². The topological polar surface area (TPSA) is 127 Å². The standard InChI is InChI=1S/C20H23N5O5S/c1-3-8-30-20(28)25-6-4-13(5-7-25)18-24-16(11-31-18)17(26)23-15(19(27)29-2)9-14-10-21-12-22-14/h1,10-13,15H,4-9H2,2H3,(H,21,22)(H,23,26). The number of carbonyl (C=O) groups is 3. The van der Waals surface area contributed by atoms with Crippen molar-refractivity contribution >= 4 is 29.3 Å². The van der Waals surface area contributed by atoms with Crippen LogP contribution in [0.4, 0.5) is 4.79 Å². The van der Waals surface area contributed by atoms with Crippen LogP contribution in [0.15, 0.2) is 17.9 Å². The van der Waals surface area contributed by atoms with E-state index in [1.165, 1.54) is 24.8 Å². The van der Waals surface area contributed by atoms with E-state index in [0.29, 0.717) is 31.6 Å². The van der Waals surface area contributed by atoms with Gasteiger partial charge in [0.2, 0.25) is 0 Å². The number of hydrogen-bond acceptors (Lipinski definition) is 8. The highest BCUT2D eigenvalue weighted by molar-refractivity contribution is 7.09. The van der Waals surface area contributed by atoms with Gasteiger partial charge in [-0.25, -0.2) is 19.6 Å². The van der Waals surface area contributed by atoms with E-state index in [-0.39, 0.29) is 24.6 Å². The summed E-state index contributed by atoms with van der Waals surface area (Å²) < 4.78 is 9.74. The molecule has 3 heterocycles. The van der Waals surface area contributed by atoms with Crippen LogP contribution in [-0.4, -0.2) is 70.7 Å². The number of hydrogen-bond donors (Lipinski definition) is 2. The Hall–Kier alpha value is -3.39. The molecular formula is C20H23N5O5S. The zero-order valence-corrected chi connectivity index (χ0v) is 17.8. The van der Waals surface area contributed by atoms with E-state index in [9.17, 15) is 14.4 Å². The molecule has 0 aromatic carbocycles. The quantitative estimate of drug-likeness (QED) is 0.486. The number of likely N-dealkylation sites (tertiary alicyclic amines) is 1. The zero-order chi connectivity index (χ0) is 22.2. The van der Waals surface area contributed by atoms with Crippen molar-refractivity contribution in [1.82, 2.24) is 25.2 Å². The van der Waals surface area contributed by atoms with E-state index in [2.05, 4.69) is 26.2 Å². The Bertz CT molecular complexity index is 944. The van der Waals surface area contributed by atoms with Gasteiger partial charge in [0.25, 0.3) is 5.91 Å². The van der Waals surface area contributed by atoms with Crippen LogP contribution in [0.3, 0.4) is 0 Å². The number of imidazole rings is 1. The number of methoxy groups -OCH3 is 1. The summed E-state index contributed by atoms with van der Waals surface area (Å²) in [6, 6.07) is -0.861. The minimum absolute atomic E-state index is 0.0450. The third kappa shape index (κ3) is 5.82. The van der Waals surface area contributed by atoms with Crippen LogP contribution in [-0.2, 0) is 20.7 Å². The third-order valence-electron chi connectivity index (χ3n) is 4.91. The molecule has 2 aromatic rings. The highest BCUT2D eigenvalue weighted by Crippen LogP contribution is 2.30. The molecule has 31 heavy (non-hydrogen) atoms. The lowest BCUT2D eigenvalue weighted by Gasteiger charge is -2.30. The lowest BCUT2D eigenvalue weighted by Crippen LogP contribution is -2.43. The molecule has 2 N–H and O–H groups in total. The Morgan fingerprint density at radius 1 is 1.42 bits per heavy atom. The van der Waals surface area contributed by atoms with Crippen LogP contribution >= 0.6 is 11.3 Å². The Morgan fingerprint density at radius 2 is 2.19 bits per heavy atom. The van der Waals surface area contributed by atoms with Crippen molar-refractivity contribution < 1.29 is 23.9 Å². The number of amides is 2. The summed E-state index contributed by atoms with van der Waals surface area (Å²) in [4.78, 5) is 49.5. The lowest BCUT2D eigenvalue weighted by molar-refractivity contribution is -0.142. The van der Waals surface area contributed by atoms with E-state index in [1.54, 1.807) is 16.5 Å². The number of terminal acetylenes is 1. The Balaban J connectivity index is 1.57. The SMILES string of the molecule is C#CCOC(=O)N1CCC(c2nc(C(=O)NC(Cc3cnc[nH]3)C(=O)OC)cs2)CC1. The second kappa shape index (κ2) is 10.6. The van der Waals surface area contributed by atoms with Gasteiger partial charge in [-0.3, -0.25) is 4.79 Å². The molecule has 2 amide bonds. The van der Waals surface area contributed by atoms with Crippen molar-refractivity contribution in [3.8, 4) is 12.3 Å². The maximum absolute atomic E-state index is 12.7. The van der Waals surface area contributed by atoms with E-state index >= 15 is 0 Å². The first-order valence-electron chi connectivity index (χ1n) is 9.68. The van der Waals surface area contributed by atoms with Crippen LogP contribution in [0.5, 0.6) is 0 Å². The van der Waals surface area contributed by atoms with E-state index < -0.39 is 24.0 Å². The van der Waals surface area contributed by atoms with Crippen LogP contribution in [0.1, 0.15) is 39.9 Å². The van der Waals surface area contributed by atoms with Crippen molar-refractivity contribution in [2.75, 3.05) is 26.8 Å². The monoisotopic (exact) mass is 445 g/mol. The lowest BCUT2D eigenvalue weighted by atomic mass is 9.98. The largest absolute Gasteiger partial charge is 0.467 e. The highest BCUT2D eigenvalue weighted by Gasteiger charge is 2.28. The summed E-state index contributed by atoms with van der Waals surface area (Å²) in [7, 11) is 1.27. The predicted molar refractivity (Wildman–Crippen MR) is 111 cm³/mol. The smallest absolute Gasteiger partial charge is 0.410 e. The minimum Gasteiger partial charge on any atom is -0.467 e. The molecule has 1 fully saturated rings. The maximum atomic E-state index is 12.7. The fourth-order valence-corrected chi connectivity index (χ4v) is 4.24. The summed E-state index contributed by atoms with van der Waals surface area (Å²) >= 11 is 1.39. The molecule has 2 aromatic heterocycles. The first kappa shape index (κ1) is 22.3. The van der Waals surface area contributed by atoms with Crippen molar-refractivity contribution in [2.45, 2.75) is 31.2 Å². The van der Waals surface area contributed by atoms with Crippen LogP contribution < -0.4 is 5.32 Å². The number of aromatic nitrogens is 3. The van der Waals surface area contributed by atoms with Gasteiger partial charge in [-0.2, -0.15) is 0 Å². The summed E-state index contributed by atoms with van der Waals surface area (Å²) in [6.07, 6.45) is 9.42. The number of nitrogens with zero attached hydrogens (tertiary/aromatic N) is 3. The summed E-state index contributed by atoms with van der Waals surface area (Å²) in [6.45, 7) is 1.02. The molecule has 164 valence electrons. The molecule has 1 unspecified atom stereocenters. The molecule has 1 aliphatic heterocycles. The first-order valence-corrected chi connectivity index (χ1v) is 10.6. The second-order valence-corrected chi connectivity index (χ2v) is 7.81. The molecule has 0 aliphatic carbocycles. The number of piperidine rings is 1. The molecule has 0 bridgehead atoms. The van der Waals surface area contributed by atoms with Crippen LogP contribution in [0, 0.1) is 12.3 Å². The molecule has 1 saturated heterocycles. The average Bonchev–Trinajstić information content (AvgIpc) is 3.49. The van der Waals surface area contributed by atoms with Crippen molar-refractivity contribution in [2.24, 2.45) is 0 Å². The number of rotatable bonds is 7. The van der Waals surface area contributed by atoms with Crippen molar-refractivity contribution in [1.29, 1.82) is 0 Å². The molecule has 0 spiro atoms. The van der Waals surface area contributed by atoms with E-state index in [1.807, 2.05) is 0 Å². The fraction of sp³-hybridized carbons (Fsp3) is 0.450. The normalized spacial score (nSPS) is 15.0. The van der Waals surface area contributed by atoms with Gasteiger partial charge in [0.1, 0.15) is 11.7 Å². The summed E-state index contributed by atoms with van der Waals surface area (Å²) in [5.74, 6) is 1.41. The third-order valence-corrected chi connectivity index (χ3v) is 5.91. The van der Waals surface area contributed by atoms with Gasteiger partial charge in [-0.15, -0.1) is 17.8 Å². The molecule has 10 nitrogen and oxygen atoms in total. The van der Waals surface area contributed by atoms with Gasteiger partial charge >= 0.3 is 12.1 Å². The van der Waals surface area contributed by atoms with E-state index in [4.69, 9.17) is 15.9 Å². The van der Waals surface area contributed by atoms with Gasteiger partial charge in [-0.05, 0) is 12.8 Å². The minimum atomic E-state index is -0.861.